The molecule has 4 nitrogen and oxygen atoms in total. The van der Waals surface area contributed by atoms with Gasteiger partial charge < -0.3 is 4.74 Å². The first-order valence-electron chi connectivity index (χ1n) is 8.38. The largest absolute Gasteiger partial charge is 0.492 e. The Bertz CT molecular complexity index is 618. The van der Waals surface area contributed by atoms with Crippen molar-refractivity contribution in [1.82, 2.24) is 4.72 Å². The van der Waals surface area contributed by atoms with Crippen LogP contribution in [-0.2, 0) is 10.0 Å². The summed E-state index contributed by atoms with van der Waals surface area (Å²) in [7, 11) is -3.55. The molecule has 0 aliphatic heterocycles. The van der Waals surface area contributed by atoms with Crippen molar-refractivity contribution in [1.29, 1.82) is 0 Å². The van der Waals surface area contributed by atoms with Gasteiger partial charge in [-0.25, -0.2) is 13.1 Å². The van der Waals surface area contributed by atoms with E-state index in [-0.39, 0.29) is 10.9 Å². The topological polar surface area (TPSA) is 55.4 Å². The number of nitrogens with one attached hydrogen (secondary N) is 1. The molecule has 1 saturated carbocycles. The van der Waals surface area contributed by atoms with Crippen LogP contribution >= 0.6 is 11.6 Å². The van der Waals surface area contributed by atoms with E-state index in [4.69, 9.17) is 16.3 Å². The second-order valence-corrected chi connectivity index (χ2v) is 8.40. The van der Waals surface area contributed by atoms with Crippen molar-refractivity contribution >= 4 is 21.6 Å². The first kappa shape index (κ1) is 18.6. The lowest BCUT2D eigenvalue weighted by atomic mass is 9.87. The lowest BCUT2D eigenvalue weighted by Gasteiger charge is -2.29. The minimum Gasteiger partial charge on any atom is -0.492 e. The second-order valence-electron chi connectivity index (χ2n) is 6.28. The van der Waals surface area contributed by atoms with E-state index in [0.717, 1.165) is 32.1 Å². The van der Waals surface area contributed by atoms with E-state index in [1.165, 1.54) is 18.6 Å². The quantitative estimate of drug-likeness (QED) is 0.735. The maximum absolute atomic E-state index is 12.6. The molecule has 0 amide bonds. The van der Waals surface area contributed by atoms with E-state index in [2.05, 4.69) is 18.6 Å². The van der Waals surface area contributed by atoms with Crippen molar-refractivity contribution in [2.75, 3.05) is 6.61 Å². The van der Waals surface area contributed by atoms with Crippen LogP contribution in [0.15, 0.2) is 23.1 Å². The van der Waals surface area contributed by atoms with E-state index in [0.29, 0.717) is 23.3 Å². The van der Waals surface area contributed by atoms with Gasteiger partial charge in [0, 0.05) is 12.1 Å². The molecule has 0 spiro atoms. The Labute approximate surface area is 144 Å². The van der Waals surface area contributed by atoms with Crippen LogP contribution in [0.25, 0.3) is 0 Å². The predicted octanol–water partition coefficient (Wildman–Crippen LogP) is 4.38. The van der Waals surface area contributed by atoms with Gasteiger partial charge in [0.25, 0.3) is 0 Å². The van der Waals surface area contributed by atoms with Crippen molar-refractivity contribution in [3.63, 3.8) is 0 Å². The van der Waals surface area contributed by atoms with E-state index in [1.807, 2.05) is 0 Å². The zero-order valence-electron chi connectivity index (χ0n) is 13.8. The van der Waals surface area contributed by atoms with Gasteiger partial charge in [0.1, 0.15) is 5.75 Å². The molecule has 2 rings (SSSR count). The first-order chi connectivity index (χ1) is 10.9. The normalized spacial score (nSPS) is 22.0. The Kier molecular flexibility index (Phi) is 6.74. The third-order valence-corrected chi connectivity index (χ3v) is 6.19. The highest BCUT2D eigenvalue weighted by Gasteiger charge is 2.27. The average Bonchev–Trinajstić information content (AvgIpc) is 2.51. The zero-order valence-corrected chi connectivity index (χ0v) is 15.4. The summed E-state index contributed by atoms with van der Waals surface area (Å²) in [6, 6.07) is 4.65. The molecule has 0 radical (unpaired) electrons. The molecule has 1 aliphatic rings. The Morgan fingerprint density at radius 1 is 1.30 bits per heavy atom. The fraction of sp³-hybridized carbons (Fsp3) is 0.647. The smallest absolute Gasteiger partial charge is 0.240 e. The van der Waals surface area contributed by atoms with Crippen molar-refractivity contribution < 1.29 is 13.2 Å². The Morgan fingerprint density at radius 3 is 2.74 bits per heavy atom. The standard InChI is InChI=1S/C17H26ClNO3S/c1-3-4-11-22-17-12-14(9-10-15(17)18)23(20,21)19-16-8-6-5-7-13(16)2/h9-10,12-13,16,19H,3-8,11H2,1-2H3/t13-,16-/m1/s1. The van der Waals surface area contributed by atoms with Crippen LogP contribution in [0, 0.1) is 5.92 Å². The van der Waals surface area contributed by atoms with Gasteiger partial charge in [0.05, 0.1) is 16.5 Å². The summed E-state index contributed by atoms with van der Waals surface area (Å²) in [5.74, 6) is 0.797. The minimum absolute atomic E-state index is 0.00823. The van der Waals surface area contributed by atoms with Crippen LogP contribution in [0.5, 0.6) is 5.75 Å². The molecule has 1 fully saturated rings. The molecule has 1 aliphatic carbocycles. The van der Waals surface area contributed by atoms with Crippen LogP contribution < -0.4 is 9.46 Å². The van der Waals surface area contributed by atoms with Crippen LogP contribution in [-0.4, -0.2) is 21.1 Å². The molecule has 1 aromatic rings. The monoisotopic (exact) mass is 359 g/mol. The molecular formula is C17H26ClNO3S. The molecule has 0 unspecified atom stereocenters. The summed E-state index contributed by atoms with van der Waals surface area (Å²) in [6.45, 7) is 4.71. The molecule has 6 heteroatoms. The van der Waals surface area contributed by atoms with Gasteiger partial charge in [-0.15, -0.1) is 0 Å². The molecule has 0 heterocycles. The van der Waals surface area contributed by atoms with E-state index < -0.39 is 10.0 Å². The van der Waals surface area contributed by atoms with E-state index in [1.54, 1.807) is 6.07 Å². The van der Waals surface area contributed by atoms with Crippen molar-refractivity contribution in [2.24, 2.45) is 5.92 Å². The Hall–Kier alpha value is -0.780. The van der Waals surface area contributed by atoms with Crippen LogP contribution in [0.2, 0.25) is 5.02 Å². The molecule has 2 atom stereocenters. The maximum Gasteiger partial charge on any atom is 0.240 e. The molecule has 0 saturated heterocycles. The molecular weight excluding hydrogens is 334 g/mol. The first-order valence-corrected chi connectivity index (χ1v) is 10.2. The number of hydrogen-bond acceptors (Lipinski definition) is 3. The average molecular weight is 360 g/mol. The highest BCUT2D eigenvalue weighted by Crippen LogP contribution is 2.29. The number of sulfonamides is 1. The number of rotatable bonds is 7. The molecule has 0 aromatic heterocycles. The van der Waals surface area contributed by atoms with Crippen LogP contribution in [0.3, 0.4) is 0 Å². The van der Waals surface area contributed by atoms with Gasteiger partial charge in [-0.3, -0.25) is 0 Å². The van der Waals surface area contributed by atoms with E-state index in [9.17, 15) is 8.42 Å². The molecule has 1 N–H and O–H groups in total. The van der Waals surface area contributed by atoms with Gasteiger partial charge in [-0.1, -0.05) is 44.7 Å². The van der Waals surface area contributed by atoms with E-state index >= 15 is 0 Å². The Balaban J connectivity index is 2.13. The number of benzene rings is 1. The third kappa shape index (κ3) is 5.10. The molecule has 130 valence electrons. The molecule has 23 heavy (non-hydrogen) atoms. The summed E-state index contributed by atoms with van der Waals surface area (Å²) in [5.41, 5.74) is 0. The lowest BCUT2D eigenvalue weighted by molar-refractivity contribution is 0.307. The molecule has 0 bridgehead atoms. The number of unbranched alkanes of at least 4 members (excludes halogenated alkanes) is 1. The van der Waals surface area contributed by atoms with Crippen LogP contribution in [0.1, 0.15) is 52.4 Å². The summed E-state index contributed by atoms with van der Waals surface area (Å²) < 4.78 is 33.7. The van der Waals surface area contributed by atoms with Crippen molar-refractivity contribution in [2.45, 2.75) is 63.3 Å². The number of ether oxygens (including phenoxy) is 1. The van der Waals surface area contributed by atoms with Gasteiger partial charge in [0.15, 0.2) is 0 Å². The minimum atomic E-state index is -3.55. The Morgan fingerprint density at radius 2 is 2.04 bits per heavy atom. The predicted molar refractivity (Wildman–Crippen MR) is 93.6 cm³/mol. The highest BCUT2D eigenvalue weighted by atomic mass is 35.5. The summed E-state index contributed by atoms with van der Waals surface area (Å²) >= 11 is 6.10. The van der Waals surface area contributed by atoms with Crippen molar-refractivity contribution in [3.8, 4) is 5.75 Å². The summed E-state index contributed by atoms with van der Waals surface area (Å²) in [6.07, 6.45) is 6.13. The fourth-order valence-corrected chi connectivity index (χ4v) is 4.41. The van der Waals surface area contributed by atoms with Crippen LogP contribution in [0.4, 0.5) is 0 Å². The number of halogens is 1. The van der Waals surface area contributed by atoms with Gasteiger partial charge in [-0.05, 0) is 37.3 Å². The highest BCUT2D eigenvalue weighted by molar-refractivity contribution is 7.89. The van der Waals surface area contributed by atoms with Gasteiger partial charge in [0.2, 0.25) is 10.0 Å². The zero-order chi connectivity index (χ0) is 16.9. The third-order valence-electron chi connectivity index (χ3n) is 4.39. The SMILES string of the molecule is CCCCOc1cc(S(=O)(=O)N[C@@H]2CCCC[C@H]2C)ccc1Cl. The summed E-state index contributed by atoms with van der Waals surface area (Å²) in [5, 5.41) is 0.436. The van der Waals surface area contributed by atoms with Gasteiger partial charge in [-0.2, -0.15) is 0 Å². The van der Waals surface area contributed by atoms with Crippen molar-refractivity contribution in [3.05, 3.63) is 23.2 Å². The number of hydrogen-bond donors (Lipinski definition) is 1. The van der Waals surface area contributed by atoms with Gasteiger partial charge >= 0.3 is 0 Å². The summed E-state index contributed by atoms with van der Waals surface area (Å²) in [4.78, 5) is 0.214. The second kappa shape index (κ2) is 8.36. The molecule has 1 aromatic carbocycles. The maximum atomic E-state index is 12.6. The fourth-order valence-electron chi connectivity index (χ4n) is 2.85. The lowest BCUT2D eigenvalue weighted by Crippen LogP contribution is -2.40.